The van der Waals surface area contributed by atoms with Gasteiger partial charge in [-0.15, -0.1) is 0 Å². The molecule has 1 unspecified atom stereocenters. The van der Waals surface area contributed by atoms with Crippen LogP contribution in [-0.4, -0.2) is 104 Å². The Bertz CT molecular complexity index is 357. The van der Waals surface area contributed by atoms with E-state index in [4.69, 9.17) is 30.6 Å². The van der Waals surface area contributed by atoms with Gasteiger partial charge >= 0.3 is 61.6 Å². The number of carboxylic acid groups (broad SMARTS) is 4. The molecule has 0 aromatic heterocycles. The molecule has 20 heavy (non-hydrogen) atoms. The monoisotopic (exact) mass is 324 g/mol. The van der Waals surface area contributed by atoms with Crippen molar-refractivity contribution in [1.82, 2.24) is 0 Å². The number of carboxylic acids is 4. The van der Waals surface area contributed by atoms with Crippen LogP contribution in [0.4, 0.5) is 0 Å². The summed E-state index contributed by atoms with van der Waals surface area (Å²) in [4.78, 5) is 39.9. The minimum absolute atomic E-state index is 0. The molecule has 0 rings (SSSR count). The van der Waals surface area contributed by atoms with Crippen molar-refractivity contribution < 1.29 is 52.7 Å². The number of aliphatic hydroxyl groups excluding tert-OH is 1. The van der Waals surface area contributed by atoms with Gasteiger partial charge in [-0.2, -0.15) is 0 Å². The predicted molar refractivity (Wildman–Crippen MR) is 64.4 cm³/mol. The van der Waals surface area contributed by atoms with E-state index < -0.39 is 48.4 Å². The fraction of sp³-hybridized carbons (Fsp3) is 0.556. The first kappa shape index (κ1) is 24.1. The SMILES string of the molecule is CC(O)C(=O)O.O=C(O)CC(O)(CC(=O)O)C(=O)O.[Ca+2].[H-].[H-]. The van der Waals surface area contributed by atoms with Gasteiger partial charge in [-0.25, -0.2) is 9.59 Å². The number of carbonyl (C=O) groups is 4. The van der Waals surface area contributed by atoms with Crippen molar-refractivity contribution in [1.29, 1.82) is 0 Å². The quantitative estimate of drug-likeness (QED) is 0.299. The van der Waals surface area contributed by atoms with Crippen molar-refractivity contribution in [3.05, 3.63) is 0 Å². The van der Waals surface area contributed by atoms with Crippen LogP contribution in [0.2, 0.25) is 0 Å². The van der Waals surface area contributed by atoms with E-state index in [-0.39, 0.29) is 40.6 Å². The Morgan fingerprint density at radius 1 is 1.00 bits per heavy atom. The summed E-state index contributed by atoms with van der Waals surface area (Å²) >= 11 is 0. The summed E-state index contributed by atoms with van der Waals surface area (Å²) in [6.45, 7) is 1.20. The van der Waals surface area contributed by atoms with Crippen LogP contribution in [0.15, 0.2) is 0 Å². The molecule has 0 radical (unpaired) electrons. The van der Waals surface area contributed by atoms with Crippen LogP contribution in [0, 0.1) is 0 Å². The smallest absolute Gasteiger partial charge is 1.00 e. The minimum atomic E-state index is -2.74. The molecule has 0 aliphatic carbocycles. The van der Waals surface area contributed by atoms with Crippen LogP contribution < -0.4 is 0 Å². The zero-order valence-electron chi connectivity index (χ0n) is 12.5. The number of rotatable bonds is 6. The second kappa shape index (κ2) is 10.8. The van der Waals surface area contributed by atoms with E-state index in [1.165, 1.54) is 6.92 Å². The fourth-order valence-corrected chi connectivity index (χ4v) is 0.714. The maximum absolute atomic E-state index is 10.3. The first-order valence-electron chi connectivity index (χ1n) is 4.72. The van der Waals surface area contributed by atoms with E-state index >= 15 is 0 Å². The third-order valence-electron chi connectivity index (χ3n) is 1.64. The molecule has 0 saturated carbocycles. The molecule has 0 aromatic rings. The Balaban J connectivity index is -0.0000000933. The van der Waals surface area contributed by atoms with Gasteiger partial charge < -0.3 is 33.5 Å². The van der Waals surface area contributed by atoms with Gasteiger partial charge in [-0.3, -0.25) is 9.59 Å². The summed E-state index contributed by atoms with van der Waals surface area (Å²) < 4.78 is 0. The topological polar surface area (TPSA) is 190 Å². The van der Waals surface area contributed by atoms with Crippen molar-refractivity contribution in [3.63, 3.8) is 0 Å². The number of aliphatic carboxylic acids is 4. The molecule has 114 valence electrons. The summed E-state index contributed by atoms with van der Waals surface area (Å²) in [7, 11) is 0. The van der Waals surface area contributed by atoms with Crippen LogP contribution in [-0.2, 0) is 19.2 Å². The fourth-order valence-electron chi connectivity index (χ4n) is 0.714. The molecule has 0 aromatic carbocycles. The van der Waals surface area contributed by atoms with Crippen molar-refractivity contribution in [2.75, 3.05) is 0 Å². The number of hydrogen-bond donors (Lipinski definition) is 6. The Morgan fingerprint density at radius 3 is 1.35 bits per heavy atom. The van der Waals surface area contributed by atoms with Gasteiger partial charge in [0, 0.05) is 0 Å². The maximum Gasteiger partial charge on any atom is 2.00 e. The van der Waals surface area contributed by atoms with E-state index in [9.17, 15) is 19.2 Å². The summed E-state index contributed by atoms with van der Waals surface area (Å²) in [5.74, 6) is -6.20. The third-order valence-corrected chi connectivity index (χ3v) is 1.64. The van der Waals surface area contributed by atoms with Gasteiger partial charge in [0.05, 0.1) is 12.8 Å². The van der Waals surface area contributed by atoms with Crippen molar-refractivity contribution in [2.24, 2.45) is 0 Å². The van der Waals surface area contributed by atoms with Crippen LogP contribution in [0.3, 0.4) is 0 Å². The molecular weight excluding hydrogens is 308 g/mol. The van der Waals surface area contributed by atoms with Gasteiger partial charge in [0.2, 0.25) is 0 Å². The van der Waals surface area contributed by atoms with Crippen molar-refractivity contribution >= 4 is 61.6 Å². The Labute approximate surface area is 145 Å². The van der Waals surface area contributed by atoms with Crippen molar-refractivity contribution in [3.8, 4) is 0 Å². The second-order valence-corrected chi connectivity index (χ2v) is 3.49. The Morgan fingerprint density at radius 2 is 1.25 bits per heavy atom. The van der Waals surface area contributed by atoms with E-state index in [1.54, 1.807) is 0 Å². The van der Waals surface area contributed by atoms with Crippen LogP contribution >= 0.6 is 0 Å². The third kappa shape index (κ3) is 12.1. The first-order chi connectivity index (χ1) is 8.42. The molecule has 6 N–H and O–H groups in total. The van der Waals surface area contributed by atoms with E-state index in [0.717, 1.165) is 0 Å². The summed E-state index contributed by atoms with van der Waals surface area (Å²) in [5, 5.41) is 49.6. The van der Waals surface area contributed by atoms with Gasteiger partial charge in [0.15, 0.2) is 5.60 Å². The van der Waals surface area contributed by atoms with Crippen LogP contribution in [0.5, 0.6) is 0 Å². The maximum atomic E-state index is 10.3. The first-order valence-corrected chi connectivity index (χ1v) is 4.72. The van der Waals surface area contributed by atoms with Crippen molar-refractivity contribution in [2.45, 2.75) is 31.5 Å². The van der Waals surface area contributed by atoms with E-state index in [0.29, 0.717) is 0 Å². The average molecular weight is 324 g/mol. The van der Waals surface area contributed by atoms with Gasteiger partial charge in [0.1, 0.15) is 6.10 Å². The molecule has 0 fully saturated rings. The molecule has 0 heterocycles. The summed E-state index contributed by atoms with van der Waals surface area (Å²) in [6.07, 6.45) is -3.52. The Kier molecular flexibility index (Phi) is 13.0. The minimum Gasteiger partial charge on any atom is -1.00 e. The molecule has 0 saturated heterocycles. The van der Waals surface area contributed by atoms with Crippen LogP contribution in [0.1, 0.15) is 22.6 Å². The second-order valence-electron chi connectivity index (χ2n) is 3.49. The zero-order valence-corrected chi connectivity index (χ0v) is 12.7. The summed E-state index contributed by atoms with van der Waals surface area (Å²) in [5.41, 5.74) is -2.74. The molecule has 0 aliphatic rings. The van der Waals surface area contributed by atoms with Gasteiger partial charge in [-0.05, 0) is 6.92 Å². The van der Waals surface area contributed by atoms with E-state index in [2.05, 4.69) is 0 Å². The molecular formula is C9H16CaO10. The molecule has 0 spiro atoms. The standard InChI is InChI=1S/C6H8O7.C3H6O3.Ca.2H/c7-3(8)1-6(13,5(11)12)2-4(9)10;1-2(4)3(5)6;;;/h13H,1-2H2,(H,7,8)(H,9,10)(H,11,12);2,4H,1H3,(H,5,6);;;/q;;+2;2*-1. The van der Waals surface area contributed by atoms with Gasteiger partial charge in [0.25, 0.3) is 0 Å². The zero-order chi connectivity index (χ0) is 15.8. The van der Waals surface area contributed by atoms with Crippen LogP contribution in [0.25, 0.3) is 0 Å². The number of hydrogen-bond acceptors (Lipinski definition) is 6. The normalized spacial score (nSPS) is 11.2. The average Bonchev–Trinajstić information content (AvgIpc) is 2.14. The predicted octanol–water partition coefficient (Wildman–Crippen LogP) is -1.95. The van der Waals surface area contributed by atoms with Gasteiger partial charge in [-0.1, -0.05) is 0 Å². The molecule has 1 atom stereocenters. The molecule has 0 amide bonds. The Hall–Kier alpha value is -0.940. The number of aliphatic hydroxyl groups is 2. The molecule has 0 bridgehead atoms. The molecule has 10 nitrogen and oxygen atoms in total. The molecule has 11 heteroatoms. The summed E-state index contributed by atoms with van der Waals surface area (Å²) in [6, 6.07) is 0. The molecule has 0 aliphatic heterocycles. The largest absolute Gasteiger partial charge is 2.00 e. The van der Waals surface area contributed by atoms with E-state index in [1.807, 2.05) is 0 Å².